The number of carbonyl (C=O) groups is 3. The lowest BCUT2D eigenvalue weighted by atomic mass is 10.1. The van der Waals surface area contributed by atoms with Gasteiger partial charge in [0.15, 0.2) is 8.32 Å². The van der Waals surface area contributed by atoms with Crippen molar-refractivity contribution in [3.8, 4) is 0 Å². The van der Waals surface area contributed by atoms with E-state index in [4.69, 9.17) is 4.43 Å². The van der Waals surface area contributed by atoms with Gasteiger partial charge in [0.05, 0.1) is 0 Å². The van der Waals surface area contributed by atoms with E-state index in [9.17, 15) is 14.4 Å². The van der Waals surface area contributed by atoms with E-state index in [2.05, 4.69) is 0 Å². The first-order valence-electron chi connectivity index (χ1n) is 9.67. The molecule has 140 valence electrons. The third-order valence-corrected chi connectivity index (χ3v) is 10.2. The van der Waals surface area contributed by atoms with E-state index in [0.717, 1.165) is 38.5 Å². The van der Waals surface area contributed by atoms with Crippen LogP contribution in [0, 0.1) is 0 Å². The topological polar surface area (TPSA) is 63.7 Å². The Balaban J connectivity index is 1.42. The van der Waals surface area contributed by atoms with Crippen LogP contribution in [0.2, 0.25) is 18.1 Å². The summed E-state index contributed by atoms with van der Waals surface area (Å²) in [4.78, 5) is 36.0. The number of nitrogens with zero attached hydrogens (tertiary/aromatic N) is 1. The van der Waals surface area contributed by atoms with Gasteiger partial charge in [-0.25, -0.2) is 0 Å². The Labute approximate surface area is 151 Å². The summed E-state index contributed by atoms with van der Waals surface area (Å²) in [7, 11) is 0.546. The fraction of sp³-hybridized carbons (Fsp3) is 0.737. The first-order chi connectivity index (χ1) is 12.1. The molecule has 0 aromatic heterocycles. The van der Waals surface area contributed by atoms with Gasteiger partial charge < -0.3 is 4.43 Å². The summed E-state index contributed by atoms with van der Waals surface area (Å²) < 4.78 is 5.74. The van der Waals surface area contributed by atoms with E-state index >= 15 is 0 Å². The number of carbonyl (C=O) groups excluding carboxylic acids is 3. The maximum Gasteiger partial charge on any atom is 0.253 e. The van der Waals surface area contributed by atoms with Gasteiger partial charge in [0.1, 0.15) is 5.78 Å². The zero-order valence-electron chi connectivity index (χ0n) is 15.4. The van der Waals surface area contributed by atoms with Gasteiger partial charge in [-0.2, -0.15) is 0 Å². The van der Waals surface area contributed by atoms with Gasteiger partial charge in [0, 0.05) is 38.6 Å². The molecular formula is C19H31NO4Si. The smallest absolute Gasteiger partial charge is 0.253 e. The maximum atomic E-state index is 11.9. The summed E-state index contributed by atoms with van der Waals surface area (Å²) in [6.07, 6.45) is 11.1. The van der Waals surface area contributed by atoms with Crippen molar-refractivity contribution in [1.29, 1.82) is 0 Å². The van der Waals surface area contributed by atoms with Crippen LogP contribution in [0.25, 0.3) is 0 Å². The first-order valence-corrected chi connectivity index (χ1v) is 12.2. The average Bonchev–Trinajstić information content (AvgIpc) is 2.88. The molecule has 0 aliphatic carbocycles. The lowest BCUT2D eigenvalue weighted by Crippen LogP contribution is -2.43. The average molecular weight is 366 g/mol. The molecule has 6 heteroatoms. The Kier molecular flexibility index (Phi) is 8.03. The van der Waals surface area contributed by atoms with Crippen LogP contribution in [-0.2, 0) is 18.8 Å². The summed E-state index contributed by atoms with van der Waals surface area (Å²) in [5.74, 6) is -0.0448. The van der Waals surface area contributed by atoms with Crippen LogP contribution in [-0.4, -0.2) is 44.5 Å². The van der Waals surface area contributed by atoms with Crippen LogP contribution in [0.5, 0.6) is 0 Å². The van der Waals surface area contributed by atoms with Gasteiger partial charge in [-0.1, -0.05) is 25.7 Å². The third kappa shape index (κ3) is 6.19. The molecule has 2 amide bonds. The largest absolute Gasteiger partial charge is 0.420 e. The molecular weight excluding hydrogens is 334 g/mol. The van der Waals surface area contributed by atoms with Gasteiger partial charge in [-0.05, 0) is 37.4 Å². The van der Waals surface area contributed by atoms with E-state index < -0.39 is 8.32 Å². The highest BCUT2D eigenvalue weighted by Gasteiger charge is 2.39. The number of rotatable bonds is 13. The molecule has 0 unspecified atom stereocenters. The summed E-state index contributed by atoms with van der Waals surface area (Å²) in [6.45, 7) is 0.490. The van der Waals surface area contributed by atoms with Gasteiger partial charge in [0.25, 0.3) is 11.8 Å². The van der Waals surface area contributed by atoms with Crippen LogP contribution in [0.1, 0.15) is 57.8 Å². The van der Waals surface area contributed by atoms with E-state index in [0.29, 0.717) is 25.2 Å². The Morgan fingerprint density at radius 3 is 2.16 bits per heavy atom. The highest BCUT2D eigenvalue weighted by Crippen LogP contribution is 2.37. The maximum absolute atomic E-state index is 11.9. The van der Waals surface area contributed by atoms with Crippen molar-refractivity contribution in [1.82, 2.24) is 4.90 Å². The van der Waals surface area contributed by atoms with Crippen LogP contribution >= 0.6 is 0 Å². The number of unbranched alkanes of at least 4 members (excludes halogenated alkanes) is 4. The fourth-order valence-electron chi connectivity index (χ4n) is 3.62. The second kappa shape index (κ2) is 10.0. The number of Topliss-reactive ketones (excluding diaryl/α,β-unsaturated/α-hetero) is 1. The van der Waals surface area contributed by atoms with Gasteiger partial charge in [0.2, 0.25) is 0 Å². The van der Waals surface area contributed by atoms with Crippen molar-refractivity contribution in [2.24, 2.45) is 0 Å². The molecule has 2 heterocycles. The minimum Gasteiger partial charge on any atom is -0.420 e. The number of ketones is 1. The van der Waals surface area contributed by atoms with Gasteiger partial charge in [-0.15, -0.1) is 0 Å². The fourth-order valence-corrected chi connectivity index (χ4v) is 6.77. The summed E-state index contributed by atoms with van der Waals surface area (Å²) in [5.41, 5.74) is 0. The highest BCUT2D eigenvalue weighted by molar-refractivity contribution is 6.76. The molecule has 2 rings (SSSR count). The standard InChI is InChI=1S/C19H31NO4Si/c1-24-25(15-8-16-25)14-7-5-10-17(21)9-4-2-3-6-13-20-18(22)11-12-19(20)23/h11-12H,2-10,13-16H2,1H3. The van der Waals surface area contributed by atoms with Gasteiger partial charge >= 0.3 is 0 Å². The molecule has 0 N–H and O–H groups in total. The Morgan fingerprint density at radius 1 is 1.00 bits per heavy atom. The quantitative estimate of drug-likeness (QED) is 0.284. The molecule has 0 aromatic rings. The normalized spacial score (nSPS) is 18.7. The Hall–Kier alpha value is -1.27. The van der Waals surface area contributed by atoms with Crippen LogP contribution in [0.15, 0.2) is 12.2 Å². The number of amides is 2. The second-order valence-electron chi connectivity index (χ2n) is 7.31. The first kappa shape index (κ1) is 20.0. The predicted octanol–water partition coefficient (Wildman–Crippen LogP) is 3.60. The van der Waals surface area contributed by atoms with Crippen molar-refractivity contribution in [2.45, 2.75) is 75.9 Å². The number of hydrogen-bond acceptors (Lipinski definition) is 4. The molecule has 5 nitrogen and oxygen atoms in total. The predicted molar refractivity (Wildman–Crippen MR) is 99.6 cm³/mol. The lowest BCUT2D eigenvalue weighted by molar-refractivity contribution is -0.136. The molecule has 0 radical (unpaired) electrons. The Bertz CT molecular complexity index is 490. The zero-order chi connectivity index (χ0) is 18.1. The monoisotopic (exact) mass is 365 g/mol. The van der Waals surface area contributed by atoms with Crippen molar-refractivity contribution >= 4 is 25.9 Å². The molecule has 0 spiro atoms. The van der Waals surface area contributed by atoms with Crippen molar-refractivity contribution < 1.29 is 18.8 Å². The molecule has 25 heavy (non-hydrogen) atoms. The van der Waals surface area contributed by atoms with Crippen LogP contribution in [0.3, 0.4) is 0 Å². The van der Waals surface area contributed by atoms with Crippen molar-refractivity contribution in [2.75, 3.05) is 13.7 Å². The summed E-state index contributed by atoms with van der Waals surface area (Å²) in [5, 5.41) is 0. The summed E-state index contributed by atoms with van der Waals surface area (Å²) >= 11 is 0. The molecule has 0 aromatic carbocycles. The van der Waals surface area contributed by atoms with E-state index in [1.165, 1.54) is 41.6 Å². The van der Waals surface area contributed by atoms with Gasteiger partial charge in [-0.3, -0.25) is 19.3 Å². The number of imide groups is 1. The molecule has 0 bridgehead atoms. The molecule has 0 saturated carbocycles. The van der Waals surface area contributed by atoms with Crippen LogP contribution < -0.4 is 0 Å². The highest BCUT2D eigenvalue weighted by atomic mass is 28.4. The van der Waals surface area contributed by atoms with E-state index in [1.54, 1.807) is 0 Å². The SMILES string of the molecule is CO[Si]1(CCCCC(=O)CCCCCCN2C(=O)C=CC2=O)CCC1. The number of hydrogen-bond donors (Lipinski definition) is 0. The van der Waals surface area contributed by atoms with E-state index in [1.807, 2.05) is 7.11 Å². The zero-order valence-corrected chi connectivity index (χ0v) is 16.4. The molecule has 1 saturated heterocycles. The minimum atomic E-state index is -1.32. The van der Waals surface area contributed by atoms with Crippen LogP contribution in [0.4, 0.5) is 0 Å². The third-order valence-electron chi connectivity index (χ3n) is 5.52. The minimum absolute atomic E-state index is 0.208. The summed E-state index contributed by atoms with van der Waals surface area (Å²) in [6, 6.07) is 3.84. The van der Waals surface area contributed by atoms with Crippen molar-refractivity contribution in [3.05, 3.63) is 12.2 Å². The molecule has 0 atom stereocenters. The Morgan fingerprint density at radius 2 is 1.60 bits per heavy atom. The van der Waals surface area contributed by atoms with E-state index in [-0.39, 0.29) is 11.8 Å². The molecule has 2 aliphatic heterocycles. The molecule has 2 aliphatic rings. The molecule has 1 fully saturated rings. The second-order valence-corrected chi connectivity index (χ2v) is 11.6. The lowest BCUT2D eigenvalue weighted by Gasteiger charge is -2.37. The van der Waals surface area contributed by atoms with Crippen molar-refractivity contribution in [3.63, 3.8) is 0 Å².